The van der Waals surface area contributed by atoms with E-state index in [4.69, 9.17) is 14.4 Å². The fourth-order valence-electron chi connectivity index (χ4n) is 3.52. The first-order valence-electron chi connectivity index (χ1n) is 10.1. The summed E-state index contributed by atoms with van der Waals surface area (Å²) in [6.45, 7) is 2.21. The van der Waals surface area contributed by atoms with E-state index in [2.05, 4.69) is 16.4 Å². The molecule has 0 aliphatic carbocycles. The Morgan fingerprint density at radius 2 is 1.97 bits per heavy atom. The molecule has 2 aromatic carbocycles. The second-order valence-electron chi connectivity index (χ2n) is 7.20. The molecule has 2 heterocycles. The van der Waals surface area contributed by atoms with Crippen molar-refractivity contribution in [2.75, 3.05) is 19.7 Å². The molecule has 0 aliphatic heterocycles. The highest BCUT2D eigenvalue weighted by molar-refractivity contribution is 5.84. The predicted molar refractivity (Wildman–Crippen MR) is 117 cm³/mol. The van der Waals surface area contributed by atoms with Crippen molar-refractivity contribution in [1.29, 1.82) is 5.26 Å². The molecule has 4 rings (SSSR count). The topological polar surface area (TPSA) is 91.0 Å². The molecule has 2 aromatic heterocycles. The molecule has 152 valence electrons. The van der Waals surface area contributed by atoms with Crippen molar-refractivity contribution in [2.24, 2.45) is 0 Å². The average molecular weight is 401 g/mol. The smallest absolute Gasteiger partial charge is 0.336 e. The Bertz CT molecular complexity index is 1250. The van der Waals surface area contributed by atoms with Gasteiger partial charge in [-0.25, -0.2) is 4.79 Å². The molecule has 0 atom stereocenters. The predicted octanol–water partition coefficient (Wildman–Crippen LogP) is 4.14. The molecule has 6 nitrogen and oxygen atoms in total. The largest absolute Gasteiger partial charge is 0.492 e. The SMILES string of the molecule is N#Cc1ccc2[nH]cc(CCCCNCCOc3ccc4ccc(=O)oc4c3)c2c1. The Morgan fingerprint density at radius 3 is 2.87 bits per heavy atom. The van der Waals surface area contributed by atoms with Crippen LogP contribution in [0.2, 0.25) is 0 Å². The summed E-state index contributed by atoms with van der Waals surface area (Å²) in [6.07, 6.45) is 5.15. The van der Waals surface area contributed by atoms with Crippen molar-refractivity contribution in [3.63, 3.8) is 0 Å². The molecule has 0 spiro atoms. The van der Waals surface area contributed by atoms with Crippen molar-refractivity contribution >= 4 is 21.9 Å². The number of unbranched alkanes of at least 4 members (excludes halogenated alkanes) is 1. The van der Waals surface area contributed by atoms with Crippen molar-refractivity contribution < 1.29 is 9.15 Å². The minimum absolute atomic E-state index is 0.362. The van der Waals surface area contributed by atoms with Crippen LogP contribution in [0.5, 0.6) is 5.75 Å². The zero-order valence-electron chi connectivity index (χ0n) is 16.6. The summed E-state index contributed by atoms with van der Waals surface area (Å²) < 4.78 is 10.9. The van der Waals surface area contributed by atoms with Gasteiger partial charge in [0.2, 0.25) is 0 Å². The van der Waals surface area contributed by atoms with Gasteiger partial charge >= 0.3 is 5.63 Å². The molecule has 4 aromatic rings. The van der Waals surface area contributed by atoms with Crippen LogP contribution < -0.4 is 15.7 Å². The van der Waals surface area contributed by atoms with E-state index in [0.29, 0.717) is 23.5 Å². The van der Waals surface area contributed by atoms with Gasteiger partial charge in [0.05, 0.1) is 11.6 Å². The number of aromatic amines is 1. The lowest BCUT2D eigenvalue weighted by molar-refractivity contribution is 0.313. The molecule has 0 aliphatic rings. The number of hydrogen-bond donors (Lipinski definition) is 2. The summed E-state index contributed by atoms with van der Waals surface area (Å²) in [7, 11) is 0. The van der Waals surface area contributed by atoms with Crippen molar-refractivity contribution in [3.05, 3.63) is 76.3 Å². The van der Waals surface area contributed by atoms with Gasteiger partial charge in [-0.05, 0) is 67.8 Å². The van der Waals surface area contributed by atoms with E-state index in [-0.39, 0.29) is 5.63 Å². The summed E-state index contributed by atoms with van der Waals surface area (Å²) >= 11 is 0. The second kappa shape index (κ2) is 9.29. The van der Waals surface area contributed by atoms with E-state index in [9.17, 15) is 4.79 Å². The van der Waals surface area contributed by atoms with Gasteiger partial charge in [0, 0.05) is 41.2 Å². The third kappa shape index (κ3) is 4.70. The lowest BCUT2D eigenvalue weighted by atomic mass is 10.1. The molecule has 30 heavy (non-hydrogen) atoms. The number of H-pyrrole nitrogens is 1. The van der Waals surface area contributed by atoms with Crippen LogP contribution in [0.3, 0.4) is 0 Å². The quantitative estimate of drug-likeness (QED) is 0.325. The monoisotopic (exact) mass is 401 g/mol. The van der Waals surface area contributed by atoms with Crippen LogP contribution in [0.4, 0.5) is 0 Å². The first kappa shape index (κ1) is 19.7. The summed E-state index contributed by atoms with van der Waals surface area (Å²) in [5.41, 5.74) is 3.20. The summed E-state index contributed by atoms with van der Waals surface area (Å²) in [6, 6.07) is 16.6. The normalized spacial score (nSPS) is 11.0. The van der Waals surface area contributed by atoms with Gasteiger partial charge in [-0.1, -0.05) is 0 Å². The van der Waals surface area contributed by atoms with Crippen molar-refractivity contribution in [3.8, 4) is 11.8 Å². The van der Waals surface area contributed by atoms with Crippen molar-refractivity contribution in [2.45, 2.75) is 19.3 Å². The Balaban J connectivity index is 1.16. The summed E-state index contributed by atoms with van der Waals surface area (Å²) in [5, 5.41) is 14.5. The van der Waals surface area contributed by atoms with Crippen LogP contribution in [-0.4, -0.2) is 24.7 Å². The molecular weight excluding hydrogens is 378 g/mol. The van der Waals surface area contributed by atoms with Gasteiger partial charge in [-0.15, -0.1) is 0 Å². The number of fused-ring (bicyclic) bond motifs is 2. The lowest BCUT2D eigenvalue weighted by Gasteiger charge is -2.08. The molecule has 2 N–H and O–H groups in total. The van der Waals surface area contributed by atoms with Crippen LogP contribution in [0.25, 0.3) is 21.9 Å². The fraction of sp³-hybridized carbons (Fsp3) is 0.250. The first-order valence-corrected chi connectivity index (χ1v) is 10.1. The molecule has 0 saturated carbocycles. The van der Waals surface area contributed by atoms with E-state index in [1.165, 1.54) is 11.6 Å². The molecule has 0 saturated heterocycles. The fourth-order valence-corrected chi connectivity index (χ4v) is 3.52. The van der Waals surface area contributed by atoms with Crippen LogP contribution in [0.15, 0.2) is 63.9 Å². The maximum absolute atomic E-state index is 11.3. The van der Waals surface area contributed by atoms with Crippen LogP contribution >= 0.6 is 0 Å². The van der Waals surface area contributed by atoms with E-state index in [0.717, 1.165) is 48.6 Å². The molecule has 0 fully saturated rings. The third-order valence-corrected chi connectivity index (χ3v) is 5.09. The summed E-state index contributed by atoms with van der Waals surface area (Å²) in [4.78, 5) is 14.6. The number of nitrogens with zero attached hydrogens (tertiary/aromatic N) is 1. The first-order chi connectivity index (χ1) is 14.7. The number of nitrogens with one attached hydrogen (secondary N) is 2. The van der Waals surface area contributed by atoms with Gasteiger partial charge in [-0.3, -0.25) is 0 Å². The highest BCUT2D eigenvalue weighted by Gasteiger charge is 2.05. The van der Waals surface area contributed by atoms with Crippen LogP contribution in [0.1, 0.15) is 24.0 Å². The second-order valence-corrected chi connectivity index (χ2v) is 7.20. The number of hydrogen-bond acceptors (Lipinski definition) is 5. The molecule has 0 amide bonds. The number of benzene rings is 2. The molecule has 0 unspecified atom stereocenters. The average Bonchev–Trinajstić information content (AvgIpc) is 3.17. The third-order valence-electron chi connectivity index (χ3n) is 5.09. The van der Waals surface area contributed by atoms with Gasteiger partial charge in [0.1, 0.15) is 17.9 Å². The lowest BCUT2D eigenvalue weighted by Crippen LogP contribution is -2.22. The molecule has 0 bridgehead atoms. The maximum Gasteiger partial charge on any atom is 0.336 e. The number of nitriles is 1. The van der Waals surface area contributed by atoms with Crippen LogP contribution in [-0.2, 0) is 6.42 Å². The number of rotatable bonds is 9. The highest BCUT2D eigenvalue weighted by Crippen LogP contribution is 2.21. The standard InChI is InChI=1S/C24H23N3O3/c25-15-17-4-8-22-21(13-17)19(16-27-22)3-1-2-10-26-11-12-29-20-7-5-18-6-9-24(28)30-23(18)14-20/h4-9,13-14,16,26-27H,1-3,10-12H2. The zero-order valence-corrected chi connectivity index (χ0v) is 16.6. The minimum Gasteiger partial charge on any atom is -0.492 e. The highest BCUT2D eigenvalue weighted by atomic mass is 16.5. The number of aryl methyl sites for hydroxylation is 1. The van der Waals surface area contributed by atoms with Crippen LogP contribution in [0, 0.1) is 11.3 Å². The molecule has 6 heteroatoms. The van der Waals surface area contributed by atoms with E-state index < -0.39 is 0 Å². The Kier molecular flexibility index (Phi) is 6.11. The van der Waals surface area contributed by atoms with Gasteiger partial charge < -0.3 is 19.5 Å². The minimum atomic E-state index is -0.362. The number of aromatic nitrogens is 1. The molecular formula is C24H23N3O3. The van der Waals surface area contributed by atoms with Gasteiger partial charge in [0.25, 0.3) is 0 Å². The van der Waals surface area contributed by atoms with E-state index in [1.54, 1.807) is 12.1 Å². The van der Waals surface area contributed by atoms with E-state index in [1.807, 2.05) is 36.5 Å². The maximum atomic E-state index is 11.3. The van der Waals surface area contributed by atoms with Gasteiger partial charge in [0.15, 0.2) is 0 Å². The summed E-state index contributed by atoms with van der Waals surface area (Å²) in [5.74, 6) is 0.690. The Labute approximate surface area is 174 Å². The number of ether oxygens (including phenoxy) is 1. The Hall–Kier alpha value is -3.56. The zero-order chi connectivity index (χ0) is 20.8. The Morgan fingerprint density at radius 1 is 1.07 bits per heavy atom. The van der Waals surface area contributed by atoms with Crippen molar-refractivity contribution in [1.82, 2.24) is 10.3 Å². The van der Waals surface area contributed by atoms with Gasteiger partial charge in [-0.2, -0.15) is 5.26 Å². The van der Waals surface area contributed by atoms with E-state index >= 15 is 0 Å². The molecule has 0 radical (unpaired) electrons.